The summed E-state index contributed by atoms with van der Waals surface area (Å²) in [6.07, 6.45) is 1.59. The number of rotatable bonds is 5. The number of nitrogens with zero attached hydrogens (tertiary/aromatic N) is 2. The lowest BCUT2D eigenvalue weighted by Gasteiger charge is -2.05. The largest absolute Gasteiger partial charge is 0.490 e. The molecule has 3 aromatic rings. The SMILES string of the molecule is CCOc1cn(-c2ccc(F)cc2)nc1C(=O)Nc1cccc(Cl)c1. The zero-order valence-corrected chi connectivity index (χ0v) is 14.1. The summed E-state index contributed by atoms with van der Waals surface area (Å²) in [5.41, 5.74) is 1.30. The number of hydrogen-bond acceptors (Lipinski definition) is 3. The Labute approximate surface area is 149 Å². The summed E-state index contributed by atoms with van der Waals surface area (Å²) in [5, 5.41) is 7.52. The van der Waals surface area contributed by atoms with Gasteiger partial charge < -0.3 is 10.1 Å². The summed E-state index contributed by atoms with van der Waals surface area (Å²) < 4.78 is 20.1. The molecule has 0 saturated heterocycles. The Morgan fingerprint density at radius 2 is 2.04 bits per heavy atom. The van der Waals surface area contributed by atoms with E-state index < -0.39 is 5.91 Å². The van der Waals surface area contributed by atoms with Gasteiger partial charge >= 0.3 is 0 Å². The highest BCUT2D eigenvalue weighted by atomic mass is 35.5. The third kappa shape index (κ3) is 3.97. The molecule has 0 aliphatic heterocycles. The second-order valence-electron chi connectivity index (χ2n) is 5.16. The molecule has 0 saturated carbocycles. The van der Waals surface area contributed by atoms with Crippen molar-refractivity contribution in [3.8, 4) is 11.4 Å². The lowest BCUT2D eigenvalue weighted by Crippen LogP contribution is -2.14. The van der Waals surface area contributed by atoms with Crippen LogP contribution in [-0.4, -0.2) is 22.3 Å². The van der Waals surface area contributed by atoms with Crippen LogP contribution in [0.3, 0.4) is 0 Å². The second kappa shape index (κ2) is 7.36. The van der Waals surface area contributed by atoms with Crippen molar-refractivity contribution < 1.29 is 13.9 Å². The van der Waals surface area contributed by atoms with E-state index >= 15 is 0 Å². The zero-order valence-electron chi connectivity index (χ0n) is 13.4. The molecule has 5 nitrogen and oxygen atoms in total. The predicted molar refractivity (Wildman–Crippen MR) is 94.1 cm³/mol. The zero-order chi connectivity index (χ0) is 17.8. The average molecular weight is 360 g/mol. The molecular formula is C18H15ClFN3O2. The number of amides is 1. The normalized spacial score (nSPS) is 10.5. The molecule has 25 heavy (non-hydrogen) atoms. The Balaban J connectivity index is 1.91. The van der Waals surface area contributed by atoms with Gasteiger partial charge in [0.2, 0.25) is 0 Å². The second-order valence-corrected chi connectivity index (χ2v) is 5.60. The monoisotopic (exact) mass is 359 g/mol. The van der Waals surface area contributed by atoms with Crippen LogP contribution in [0.15, 0.2) is 54.7 Å². The van der Waals surface area contributed by atoms with Crippen molar-refractivity contribution >= 4 is 23.2 Å². The highest BCUT2D eigenvalue weighted by molar-refractivity contribution is 6.30. The van der Waals surface area contributed by atoms with E-state index in [1.54, 1.807) is 42.6 Å². The van der Waals surface area contributed by atoms with Crippen LogP contribution in [-0.2, 0) is 0 Å². The van der Waals surface area contributed by atoms with Crippen molar-refractivity contribution in [1.29, 1.82) is 0 Å². The van der Waals surface area contributed by atoms with Crippen LogP contribution in [0.5, 0.6) is 5.75 Å². The van der Waals surface area contributed by atoms with Crippen molar-refractivity contribution in [1.82, 2.24) is 9.78 Å². The van der Waals surface area contributed by atoms with E-state index in [1.807, 2.05) is 6.92 Å². The highest BCUT2D eigenvalue weighted by Gasteiger charge is 2.19. The molecule has 3 rings (SSSR count). The number of nitrogens with one attached hydrogen (secondary N) is 1. The minimum absolute atomic E-state index is 0.131. The molecule has 1 N–H and O–H groups in total. The molecule has 0 spiro atoms. The number of anilines is 1. The first-order chi connectivity index (χ1) is 12.1. The lowest BCUT2D eigenvalue weighted by molar-refractivity contribution is 0.101. The Morgan fingerprint density at radius 3 is 2.72 bits per heavy atom. The summed E-state index contributed by atoms with van der Waals surface area (Å²) >= 11 is 5.93. The van der Waals surface area contributed by atoms with Gasteiger partial charge in [0.15, 0.2) is 11.4 Å². The van der Waals surface area contributed by atoms with Crippen LogP contribution in [0.2, 0.25) is 5.02 Å². The fourth-order valence-corrected chi connectivity index (χ4v) is 2.45. The van der Waals surface area contributed by atoms with E-state index in [2.05, 4.69) is 10.4 Å². The van der Waals surface area contributed by atoms with Gasteiger partial charge in [-0.3, -0.25) is 4.79 Å². The predicted octanol–water partition coefficient (Wildman–Crippen LogP) is 4.32. The van der Waals surface area contributed by atoms with Crippen LogP contribution in [0.25, 0.3) is 5.69 Å². The minimum atomic E-state index is -0.424. The van der Waals surface area contributed by atoms with Crippen LogP contribution in [0.4, 0.5) is 10.1 Å². The van der Waals surface area contributed by atoms with Gasteiger partial charge in [0.25, 0.3) is 5.91 Å². The molecule has 0 radical (unpaired) electrons. The van der Waals surface area contributed by atoms with E-state index in [1.165, 1.54) is 16.8 Å². The molecule has 128 valence electrons. The fourth-order valence-electron chi connectivity index (χ4n) is 2.26. The molecule has 2 aromatic carbocycles. The quantitative estimate of drug-likeness (QED) is 0.738. The number of halogens is 2. The topological polar surface area (TPSA) is 56.2 Å². The number of benzene rings is 2. The van der Waals surface area contributed by atoms with E-state index in [-0.39, 0.29) is 11.5 Å². The molecule has 1 aromatic heterocycles. The number of aromatic nitrogens is 2. The summed E-state index contributed by atoms with van der Waals surface area (Å²) in [6, 6.07) is 12.6. The van der Waals surface area contributed by atoms with Gasteiger partial charge in [0.05, 0.1) is 18.5 Å². The van der Waals surface area contributed by atoms with Crippen molar-refractivity contribution in [2.75, 3.05) is 11.9 Å². The van der Waals surface area contributed by atoms with Gasteiger partial charge in [0, 0.05) is 10.7 Å². The summed E-state index contributed by atoms with van der Waals surface area (Å²) in [6.45, 7) is 2.19. The van der Waals surface area contributed by atoms with Crippen molar-refractivity contribution in [2.45, 2.75) is 6.92 Å². The minimum Gasteiger partial charge on any atom is -0.490 e. The molecule has 1 heterocycles. The average Bonchev–Trinajstić information content (AvgIpc) is 3.00. The van der Waals surface area contributed by atoms with E-state index in [4.69, 9.17) is 16.3 Å². The van der Waals surface area contributed by atoms with Gasteiger partial charge in [-0.15, -0.1) is 0 Å². The Kier molecular flexibility index (Phi) is 5.00. The molecule has 0 atom stereocenters. The standard InChI is InChI=1S/C18H15ClFN3O2/c1-2-25-16-11-23(15-8-6-13(20)7-9-15)22-17(16)18(24)21-14-5-3-4-12(19)10-14/h3-11H,2H2,1H3,(H,21,24). The fraction of sp³-hybridized carbons (Fsp3) is 0.111. The van der Waals surface area contributed by atoms with Gasteiger partial charge in [0.1, 0.15) is 5.82 Å². The molecular weight excluding hydrogens is 345 g/mol. The first kappa shape index (κ1) is 17.0. The summed E-state index contributed by atoms with van der Waals surface area (Å²) in [4.78, 5) is 12.5. The maximum atomic E-state index is 13.1. The maximum Gasteiger partial charge on any atom is 0.280 e. The summed E-state index contributed by atoms with van der Waals surface area (Å²) in [7, 11) is 0. The van der Waals surface area contributed by atoms with Gasteiger partial charge in [-0.2, -0.15) is 5.10 Å². The van der Waals surface area contributed by atoms with E-state index in [0.717, 1.165) is 0 Å². The Bertz CT molecular complexity index is 894. The van der Waals surface area contributed by atoms with Crippen LogP contribution in [0, 0.1) is 5.82 Å². The van der Waals surface area contributed by atoms with Crippen molar-refractivity contribution in [3.63, 3.8) is 0 Å². The maximum absolute atomic E-state index is 13.1. The lowest BCUT2D eigenvalue weighted by atomic mass is 10.3. The van der Waals surface area contributed by atoms with E-state index in [9.17, 15) is 9.18 Å². The molecule has 0 unspecified atom stereocenters. The smallest absolute Gasteiger partial charge is 0.280 e. The Hall–Kier alpha value is -2.86. The number of carbonyl (C=O) groups excluding carboxylic acids is 1. The highest BCUT2D eigenvalue weighted by Crippen LogP contribution is 2.22. The molecule has 1 amide bonds. The molecule has 0 bridgehead atoms. The first-order valence-electron chi connectivity index (χ1n) is 7.62. The van der Waals surface area contributed by atoms with E-state index in [0.29, 0.717) is 28.8 Å². The van der Waals surface area contributed by atoms with Gasteiger partial charge in [-0.1, -0.05) is 17.7 Å². The third-order valence-corrected chi connectivity index (χ3v) is 3.60. The number of hydrogen-bond donors (Lipinski definition) is 1. The number of ether oxygens (including phenoxy) is 1. The van der Waals surface area contributed by atoms with Crippen LogP contribution >= 0.6 is 11.6 Å². The molecule has 0 fully saturated rings. The first-order valence-corrected chi connectivity index (χ1v) is 8.00. The van der Waals surface area contributed by atoms with Crippen LogP contribution in [0.1, 0.15) is 17.4 Å². The Morgan fingerprint density at radius 1 is 1.28 bits per heavy atom. The van der Waals surface area contributed by atoms with Crippen molar-refractivity contribution in [3.05, 3.63) is 71.3 Å². The van der Waals surface area contributed by atoms with Gasteiger partial charge in [-0.25, -0.2) is 9.07 Å². The van der Waals surface area contributed by atoms with Crippen molar-refractivity contribution in [2.24, 2.45) is 0 Å². The molecule has 7 heteroatoms. The summed E-state index contributed by atoms with van der Waals surface area (Å²) in [5.74, 6) is -0.433. The van der Waals surface area contributed by atoms with Crippen LogP contribution < -0.4 is 10.1 Å². The van der Waals surface area contributed by atoms with Gasteiger partial charge in [-0.05, 0) is 49.4 Å². The molecule has 0 aliphatic carbocycles. The number of carbonyl (C=O) groups is 1. The third-order valence-electron chi connectivity index (χ3n) is 3.37. The molecule has 0 aliphatic rings.